The molecule has 30 heavy (non-hydrogen) atoms. The molecule has 3 rings (SSSR count). The second-order valence-electron chi connectivity index (χ2n) is 6.54. The highest BCUT2D eigenvalue weighted by Gasteiger charge is 2.19. The maximum atomic E-state index is 11.6. The standard InChI is InChI=1S/C18H17N3O7S2/c1-21(2)13-5-3-12(4-6-13)19-20-16-9-14(29(23,24)25)7-11-8-15(30(26,27)28)10-17(22)18(11)16/h3-10,22H,1-2H3,(H,23,24,25)(H,26,27,28). The average Bonchev–Trinajstić information content (AvgIpc) is 2.64. The summed E-state index contributed by atoms with van der Waals surface area (Å²) in [5.74, 6) is -0.570. The second-order valence-corrected chi connectivity index (χ2v) is 9.39. The Morgan fingerprint density at radius 2 is 1.33 bits per heavy atom. The van der Waals surface area contributed by atoms with E-state index < -0.39 is 35.8 Å². The largest absolute Gasteiger partial charge is 0.507 e. The molecule has 12 heteroatoms. The van der Waals surface area contributed by atoms with Gasteiger partial charge in [0.15, 0.2) is 0 Å². The van der Waals surface area contributed by atoms with Crippen LogP contribution < -0.4 is 4.90 Å². The topological polar surface area (TPSA) is 157 Å². The van der Waals surface area contributed by atoms with Crippen LogP contribution in [0.25, 0.3) is 10.8 Å². The number of azo groups is 1. The molecule has 0 radical (unpaired) electrons. The fraction of sp³-hybridized carbons (Fsp3) is 0.111. The van der Waals surface area contributed by atoms with Crippen LogP contribution >= 0.6 is 0 Å². The van der Waals surface area contributed by atoms with Crippen molar-refractivity contribution in [3.05, 3.63) is 48.5 Å². The summed E-state index contributed by atoms with van der Waals surface area (Å²) in [4.78, 5) is 0.649. The Hall–Kier alpha value is -3.06. The Kier molecular flexibility index (Phi) is 5.52. The van der Waals surface area contributed by atoms with E-state index in [0.29, 0.717) is 5.69 Å². The monoisotopic (exact) mass is 451 g/mol. The van der Waals surface area contributed by atoms with Crippen molar-refractivity contribution in [2.24, 2.45) is 10.2 Å². The lowest BCUT2D eigenvalue weighted by atomic mass is 10.1. The number of phenolic OH excluding ortho intramolecular Hbond substituents is 1. The van der Waals surface area contributed by atoms with Crippen LogP contribution in [0.3, 0.4) is 0 Å². The molecule has 3 N–H and O–H groups in total. The molecule has 0 heterocycles. The molecule has 0 unspecified atom stereocenters. The predicted molar refractivity (Wildman–Crippen MR) is 110 cm³/mol. The van der Waals surface area contributed by atoms with E-state index >= 15 is 0 Å². The Balaban J connectivity index is 2.21. The SMILES string of the molecule is CN(C)c1ccc(N=Nc2cc(S(=O)(=O)O)cc3cc(S(=O)(=O)O)cc(O)c23)cc1. The van der Waals surface area contributed by atoms with Gasteiger partial charge in [0.25, 0.3) is 20.2 Å². The van der Waals surface area contributed by atoms with Crippen LogP contribution in [-0.2, 0) is 20.2 Å². The Morgan fingerprint density at radius 1 is 0.800 bits per heavy atom. The zero-order valence-corrected chi connectivity index (χ0v) is 17.4. The summed E-state index contributed by atoms with van der Waals surface area (Å²) in [6, 6.07) is 10.6. The van der Waals surface area contributed by atoms with Gasteiger partial charge in [-0.05, 0) is 47.9 Å². The van der Waals surface area contributed by atoms with E-state index in [2.05, 4.69) is 10.2 Å². The van der Waals surface area contributed by atoms with Crippen molar-refractivity contribution in [2.45, 2.75) is 9.79 Å². The number of anilines is 1. The first-order valence-corrected chi connectivity index (χ1v) is 11.2. The third kappa shape index (κ3) is 4.57. The molecule has 158 valence electrons. The van der Waals surface area contributed by atoms with Crippen molar-refractivity contribution in [3.8, 4) is 5.75 Å². The summed E-state index contributed by atoms with van der Waals surface area (Å²) in [7, 11) is -5.61. The fourth-order valence-electron chi connectivity index (χ4n) is 2.72. The highest BCUT2D eigenvalue weighted by atomic mass is 32.2. The molecular formula is C18H17N3O7S2. The third-order valence-corrected chi connectivity index (χ3v) is 5.85. The number of aromatic hydroxyl groups is 1. The number of phenols is 1. The van der Waals surface area contributed by atoms with Gasteiger partial charge in [0.2, 0.25) is 0 Å². The maximum Gasteiger partial charge on any atom is 0.294 e. The van der Waals surface area contributed by atoms with Crippen molar-refractivity contribution in [3.63, 3.8) is 0 Å². The number of fused-ring (bicyclic) bond motifs is 1. The van der Waals surface area contributed by atoms with Gasteiger partial charge >= 0.3 is 0 Å². The molecule has 0 spiro atoms. The number of benzene rings is 3. The van der Waals surface area contributed by atoms with E-state index in [1.54, 1.807) is 24.3 Å². The third-order valence-electron chi connectivity index (χ3n) is 4.19. The molecule has 0 saturated heterocycles. The van der Waals surface area contributed by atoms with E-state index in [1.165, 1.54) is 0 Å². The molecule has 0 aliphatic rings. The van der Waals surface area contributed by atoms with Crippen molar-refractivity contribution in [1.29, 1.82) is 0 Å². The van der Waals surface area contributed by atoms with Crippen molar-refractivity contribution >= 4 is 48.1 Å². The van der Waals surface area contributed by atoms with Crippen LogP contribution in [0.4, 0.5) is 17.1 Å². The van der Waals surface area contributed by atoms with Crippen LogP contribution in [0.15, 0.2) is 68.6 Å². The van der Waals surface area contributed by atoms with Gasteiger partial charge < -0.3 is 10.0 Å². The van der Waals surface area contributed by atoms with Gasteiger partial charge in [-0.2, -0.15) is 21.9 Å². The summed E-state index contributed by atoms with van der Waals surface area (Å²) in [6.07, 6.45) is 0. The molecule has 3 aromatic carbocycles. The quantitative estimate of drug-likeness (QED) is 0.393. The summed E-state index contributed by atoms with van der Waals surface area (Å²) in [6.45, 7) is 0. The van der Waals surface area contributed by atoms with E-state index in [1.807, 2.05) is 19.0 Å². The minimum absolute atomic E-state index is 0.0107. The predicted octanol–water partition coefficient (Wildman–Crippen LogP) is 3.52. The maximum absolute atomic E-state index is 11.6. The summed E-state index contributed by atoms with van der Waals surface area (Å²) < 4.78 is 64.7. The molecule has 0 atom stereocenters. The van der Waals surface area contributed by atoms with E-state index in [9.17, 15) is 31.0 Å². The summed E-state index contributed by atoms with van der Waals surface area (Å²) >= 11 is 0. The first-order chi connectivity index (χ1) is 13.9. The lowest BCUT2D eigenvalue weighted by molar-refractivity contribution is 0.471. The van der Waals surface area contributed by atoms with Crippen molar-refractivity contribution < 1.29 is 31.0 Å². The molecule has 0 aliphatic heterocycles. The first kappa shape index (κ1) is 21.6. The van der Waals surface area contributed by atoms with Gasteiger partial charge in [0, 0.05) is 25.8 Å². The van der Waals surface area contributed by atoms with Gasteiger partial charge in [-0.1, -0.05) is 0 Å². The van der Waals surface area contributed by atoms with E-state index in [-0.39, 0.29) is 16.5 Å². The van der Waals surface area contributed by atoms with Gasteiger partial charge in [-0.3, -0.25) is 9.11 Å². The number of rotatable bonds is 5. The van der Waals surface area contributed by atoms with Crippen LogP contribution in [0.5, 0.6) is 5.75 Å². The molecular weight excluding hydrogens is 434 g/mol. The van der Waals surface area contributed by atoms with E-state index in [4.69, 9.17) is 0 Å². The Bertz CT molecular complexity index is 1360. The van der Waals surface area contributed by atoms with Gasteiger partial charge in [0.1, 0.15) is 5.75 Å². The molecule has 0 fully saturated rings. The van der Waals surface area contributed by atoms with Crippen LogP contribution in [0.1, 0.15) is 0 Å². The van der Waals surface area contributed by atoms with Crippen LogP contribution in [0, 0.1) is 0 Å². The number of hydrogen-bond donors (Lipinski definition) is 3. The van der Waals surface area contributed by atoms with Crippen LogP contribution in [0.2, 0.25) is 0 Å². The molecule has 0 aliphatic carbocycles. The number of nitrogens with zero attached hydrogens (tertiary/aromatic N) is 3. The molecule has 0 amide bonds. The zero-order chi connectivity index (χ0) is 22.3. The minimum Gasteiger partial charge on any atom is -0.507 e. The van der Waals surface area contributed by atoms with Crippen molar-refractivity contribution in [2.75, 3.05) is 19.0 Å². The van der Waals surface area contributed by atoms with Gasteiger partial charge in [-0.25, -0.2) is 0 Å². The Morgan fingerprint density at radius 3 is 1.83 bits per heavy atom. The first-order valence-electron chi connectivity index (χ1n) is 8.31. The van der Waals surface area contributed by atoms with Crippen LogP contribution in [-0.4, -0.2) is 45.1 Å². The molecule has 3 aromatic rings. The second kappa shape index (κ2) is 7.65. The summed E-state index contributed by atoms with van der Waals surface area (Å²) in [5.41, 5.74) is 1.22. The number of hydrogen-bond acceptors (Lipinski definition) is 8. The molecule has 0 bridgehead atoms. The van der Waals surface area contributed by atoms with Gasteiger partial charge in [0.05, 0.1) is 26.6 Å². The lowest BCUT2D eigenvalue weighted by Gasteiger charge is -2.11. The fourth-order valence-corrected chi connectivity index (χ4v) is 3.80. The van der Waals surface area contributed by atoms with Crippen molar-refractivity contribution in [1.82, 2.24) is 0 Å². The normalized spacial score (nSPS) is 12.5. The smallest absolute Gasteiger partial charge is 0.294 e. The highest BCUT2D eigenvalue weighted by Crippen LogP contribution is 2.38. The summed E-state index contributed by atoms with van der Waals surface area (Å²) in [5, 5.41) is 18.2. The average molecular weight is 451 g/mol. The minimum atomic E-state index is -4.68. The molecule has 0 aromatic heterocycles. The van der Waals surface area contributed by atoms with E-state index in [0.717, 1.165) is 30.0 Å². The molecule has 10 nitrogen and oxygen atoms in total. The van der Waals surface area contributed by atoms with Gasteiger partial charge in [-0.15, -0.1) is 5.11 Å². The Labute approximate surface area is 172 Å². The molecule has 0 saturated carbocycles. The lowest BCUT2D eigenvalue weighted by Crippen LogP contribution is -2.07. The highest BCUT2D eigenvalue weighted by molar-refractivity contribution is 7.86. The zero-order valence-electron chi connectivity index (χ0n) is 15.8.